The van der Waals surface area contributed by atoms with Crippen molar-refractivity contribution in [2.45, 2.75) is 50.5 Å². The maximum absolute atomic E-state index is 6.51. The minimum Gasteiger partial charge on any atom is -0.327 e. The van der Waals surface area contributed by atoms with E-state index in [1.54, 1.807) is 0 Å². The van der Waals surface area contributed by atoms with E-state index in [1.165, 1.54) is 49.7 Å². The van der Waals surface area contributed by atoms with Gasteiger partial charge < -0.3 is 5.73 Å². The maximum Gasteiger partial charge on any atom is 0.0114 e. The van der Waals surface area contributed by atoms with E-state index in [0.29, 0.717) is 12.0 Å². The summed E-state index contributed by atoms with van der Waals surface area (Å²) in [6.45, 7) is 0. The van der Waals surface area contributed by atoms with Gasteiger partial charge in [0.25, 0.3) is 0 Å². The van der Waals surface area contributed by atoms with Crippen molar-refractivity contribution in [3.05, 3.63) is 35.4 Å². The van der Waals surface area contributed by atoms with Crippen molar-refractivity contribution in [3.63, 3.8) is 0 Å². The summed E-state index contributed by atoms with van der Waals surface area (Å²) in [6, 6.07) is 9.26. The monoisotopic (exact) mass is 241 g/mol. The van der Waals surface area contributed by atoms with Crippen LogP contribution in [0.2, 0.25) is 0 Å². The van der Waals surface area contributed by atoms with Gasteiger partial charge in [-0.1, -0.05) is 30.7 Å². The quantitative estimate of drug-likeness (QED) is 0.861. The summed E-state index contributed by atoms with van der Waals surface area (Å²) in [5.74, 6) is 3.68. The molecule has 0 aromatic heterocycles. The van der Waals surface area contributed by atoms with E-state index in [4.69, 9.17) is 5.73 Å². The lowest BCUT2D eigenvalue weighted by Crippen LogP contribution is -2.37. The standard InChI is InChI=1S/C17H23N/c18-17(10-14-8-11-5-6-12(14)7-11)16-9-13-3-1-2-4-15(13)16/h1-4,11-12,14,16-17H,5-10,18H2. The summed E-state index contributed by atoms with van der Waals surface area (Å²) in [7, 11) is 0. The fraction of sp³-hybridized carbons (Fsp3) is 0.647. The Balaban J connectivity index is 1.42. The second-order valence-electron chi connectivity index (χ2n) is 6.84. The maximum atomic E-state index is 6.51. The molecule has 2 fully saturated rings. The smallest absolute Gasteiger partial charge is 0.0114 e. The summed E-state index contributed by atoms with van der Waals surface area (Å²) in [5.41, 5.74) is 9.57. The van der Waals surface area contributed by atoms with Crippen molar-refractivity contribution >= 4 is 0 Å². The van der Waals surface area contributed by atoms with Crippen LogP contribution in [0.25, 0.3) is 0 Å². The van der Waals surface area contributed by atoms with Gasteiger partial charge >= 0.3 is 0 Å². The van der Waals surface area contributed by atoms with Crippen molar-refractivity contribution in [2.24, 2.45) is 23.5 Å². The van der Waals surface area contributed by atoms with Gasteiger partial charge in [0.2, 0.25) is 0 Å². The van der Waals surface area contributed by atoms with Crippen molar-refractivity contribution < 1.29 is 0 Å². The number of fused-ring (bicyclic) bond motifs is 3. The Morgan fingerprint density at radius 1 is 1.17 bits per heavy atom. The number of rotatable bonds is 3. The van der Waals surface area contributed by atoms with Crippen LogP contribution in [0.15, 0.2) is 24.3 Å². The highest BCUT2D eigenvalue weighted by Crippen LogP contribution is 2.51. The Kier molecular flexibility index (Phi) is 2.51. The second kappa shape index (κ2) is 4.09. The first-order valence-electron chi connectivity index (χ1n) is 7.64. The van der Waals surface area contributed by atoms with E-state index in [2.05, 4.69) is 24.3 Å². The first kappa shape index (κ1) is 11.0. The van der Waals surface area contributed by atoms with Gasteiger partial charge in [0, 0.05) is 12.0 Å². The fourth-order valence-electron chi connectivity index (χ4n) is 4.86. The SMILES string of the molecule is NC(CC1CC2CCC1C2)C1Cc2ccccc21. The second-order valence-corrected chi connectivity index (χ2v) is 6.84. The number of hydrogen-bond acceptors (Lipinski definition) is 1. The van der Waals surface area contributed by atoms with Crippen LogP contribution in [-0.4, -0.2) is 6.04 Å². The molecule has 18 heavy (non-hydrogen) atoms. The molecule has 0 heterocycles. The van der Waals surface area contributed by atoms with Crippen molar-refractivity contribution in [1.82, 2.24) is 0 Å². The number of benzene rings is 1. The first-order chi connectivity index (χ1) is 8.81. The summed E-state index contributed by atoms with van der Waals surface area (Å²) in [6.07, 6.45) is 8.48. The zero-order valence-electron chi connectivity index (χ0n) is 11.0. The molecule has 1 heteroatoms. The van der Waals surface area contributed by atoms with E-state index in [0.717, 1.165) is 17.8 Å². The number of hydrogen-bond donors (Lipinski definition) is 1. The zero-order chi connectivity index (χ0) is 12.1. The first-order valence-corrected chi connectivity index (χ1v) is 7.64. The highest BCUT2D eigenvalue weighted by atomic mass is 14.7. The van der Waals surface area contributed by atoms with Gasteiger partial charge in [-0.15, -0.1) is 0 Å². The predicted molar refractivity (Wildman–Crippen MR) is 74.4 cm³/mol. The lowest BCUT2D eigenvalue weighted by Gasteiger charge is -2.37. The van der Waals surface area contributed by atoms with Crippen molar-refractivity contribution in [2.75, 3.05) is 0 Å². The molecule has 0 aliphatic heterocycles. The molecular weight excluding hydrogens is 218 g/mol. The van der Waals surface area contributed by atoms with Gasteiger partial charge in [-0.2, -0.15) is 0 Å². The largest absolute Gasteiger partial charge is 0.327 e. The average Bonchev–Trinajstić information content (AvgIpc) is 2.92. The Morgan fingerprint density at radius 2 is 2.06 bits per heavy atom. The van der Waals surface area contributed by atoms with Crippen molar-refractivity contribution in [3.8, 4) is 0 Å². The number of nitrogens with two attached hydrogens (primary N) is 1. The third-order valence-corrected chi connectivity index (χ3v) is 5.87. The van der Waals surface area contributed by atoms with Gasteiger partial charge in [0.05, 0.1) is 0 Å². The molecule has 2 N–H and O–H groups in total. The fourth-order valence-corrected chi connectivity index (χ4v) is 4.86. The van der Waals surface area contributed by atoms with Crippen molar-refractivity contribution in [1.29, 1.82) is 0 Å². The molecule has 1 aromatic carbocycles. The Morgan fingerprint density at radius 3 is 2.78 bits per heavy atom. The van der Waals surface area contributed by atoms with Gasteiger partial charge in [0.1, 0.15) is 0 Å². The van der Waals surface area contributed by atoms with Crippen LogP contribution in [0.4, 0.5) is 0 Å². The molecule has 5 atom stereocenters. The molecular formula is C17H23N. The van der Waals surface area contributed by atoms with Crippen LogP contribution >= 0.6 is 0 Å². The minimum absolute atomic E-state index is 0.407. The lowest BCUT2D eigenvalue weighted by molar-refractivity contribution is 0.276. The lowest BCUT2D eigenvalue weighted by atomic mass is 9.70. The topological polar surface area (TPSA) is 26.0 Å². The molecule has 4 rings (SSSR count). The molecule has 3 aliphatic rings. The third-order valence-electron chi connectivity index (χ3n) is 5.87. The Hall–Kier alpha value is -0.820. The van der Waals surface area contributed by atoms with E-state index in [-0.39, 0.29) is 0 Å². The molecule has 5 unspecified atom stereocenters. The van der Waals surface area contributed by atoms with Crippen LogP contribution in [0.5, 0.6) is 0 Å². The molecule has 2 bridgehead atoms. The third kappa shape index (κ3) is 1.64. The van der Waals surface area contributed by atoms with Crippen LogP contribution in [0, 0.1) is 17.8 Å². The van der Waals surface area contributed by atoms with E-state index < -0.39 is 0 Å². The van der Waals surface area contributed by atoms with Gasteiger partial charge in [-0.3, -0.25) is 0 Å². The van der Waals surface area contributed by atoms with Crippen LogP contribution in [0.3, 0.4) is 0 Å². The molecule has 0 radical (unpaired) electrons. The minimum atomic E-state index is 0.407. The molecule has 3 aliphatic carbocycles. The van der Waals surface area contributed by atoms with Crippen LogP contribution < -0.4 is 5.73 Å². The summed E-state index contributed by atoms with van der Waals surface area (Å²) in [4.78, 5) is 0. The van der Waals surface area contributed by atoms with Gasteiger partial charge in [-0.05, 0) is 61.0 Å². The zero-order valence-corrected chi connectivity index (χ0v) is 11.0. The molecule has 2 saturated carbocycles. The molecule has 0 amide bonds. The van der Waals surface area contributed by atoms with Gasteiger partial charge in [-0.25, -0.2) is 0 Å². The summed E-state index contributed by atoms with van der Waals surface area (Å²) in [5, 5.41) is 0. The van der Waals surface area contributed by atoms with Gasteiger partial charge in [0.15, 0.2) is 0 Å². The summed E-state index contributed by atoms with van der Waals surface area (Å²) < 4.78 is 0. The van der Waals surface area contributed by atoms with E-state index in [1.807, 2.05) is 0 Å². The molecule has 1 nitrogen and oxygen atoms in total. The molecule has 96 valence electrons. The summed E-state index contributed by atoms with van der Waals surface area (Å²) >= 11 is 0. The average molecular weight is 241 g/mol. The predicted octanol–water partition coefficient (Wildman–Crippen LogP) is 3.48. The molecule has 0 saturated heterocycles. The Bertz CT molecular complexity index is 453. The molecule has 0 spiro atoms. The van der Waals surface area contributed by atoms with E-state index in [9.17, 15) is 0 Å². The molecule has 1 aromatic rings. The van der Waals surface area contributed by atoms with E-state index >= 15 is 0 Å². The highest BCUT2D eigenvalue weighted by molar-refractivity contribution is 5.41. The normalized spacial score (nSPS) is 38.3. The highest BCUT2D eigenvalue weighted by Gasteiger charge is 2.41. The Labute approximate surface area is 110 Å². The van der Waals surface area contributed by atoms with Crippen LogP contribution in [0.1, 0.15) is 49.1 Å². The van der Waals surface area contributed by atoms with Crippen LogP contribution in [-0.2, 0) is 6.42 Å².